The third kappa shape index (κ3) is 2.76. The number of hydrogen-bond acceptors (Lipinski definition) is 2. The topological polar surface area (TPSA) is 41.1 Å². The first-order valence-electron chi connectivity index (χ1n) is 6.80. The second-order valence-corrected chi connectivity index (χ2v) is 5.35. The molecule has 1 unspecified atom stereocenters. The Morgan fingerprint density at radius 2 is 2.31 bits per heavy atom. The summed E-state index contributed by atoms with van der Waals surface area (Å²) in [6.45, 7) is 4.02. The maximum absolute atomic E-state index is 12.2. The van der Waals surface area contributed by atoms with E-state index < -0.39 is 0 Å². The average Bonchev–Trinajstić information content (AvgIpc) is 2.97. The molecule has 1 atom stereocenters. The number of amides is 1. The maximum Gasteiger partial charge on any atom is 0.240 e. The molecule has 2 aliphatic rings. The van der Waals surface area contributed by atoms with Gasteiger partial charge in [-0.25, -0.2) is 0 Å². The summed E-state index contributed by atoms with van der Waals surface area (Å²) in [7, 11) is 0. The lowest BCUT2D eigenvalue weighted by molar-refractivity contribution is -0.127. The standard InChI is InChI=1S/C13H24N2O/c1-2-7-13(8-3-9-15-13)12(16)14-10-6-11-4-5-11/h11,15H,2-10H2,1H3,(H,14,16). The van der Waals surface area contributed by atoms with E-state index >= 15 is 0 Å². The minimum atomic E-state index is -0.238. The Bertz CT molecular complexity index is 242. The molecule has 2 fully saturated rings. The summed E-state index contributed by atoms with van der Waals surface area (Å²) < 4.78 is 0. The summed E-state index contributed by atoms with van der Waals surface area (Å²) in [4.78, 5) is 12.2. The number of carbonyl (C=O) groups is 1. The zero-order valence-corrected chi connectivity index (χ0v) is 10.3. The van der Waals surface area contributed by atoms with Crippen LogP contribution in [0, 0.1) is 5.92 Å². The first-order valence-corrected chi connectivity index (χ1v) is 6.80. The van der Waals surface area contributed by atoms with Gasteiger partial charge in [0.2, 0.25) is 5.91 Å². The van der Waals surface area contributed by atoms with Crippen LogP contribution in [0.5, 0.6) is 0 Å². The lowest BCUT2D eigenvalue weighted by Gasteiger charge is -2.27. The van der Waals surface area contributed by atoms with Gasteiger partial charge in [-0.15, -0.1) is 0 Å². The van der Waals surface area contributed by atoms with Crippen LogP contribution < -0.4 is 10.6 Å². The molecule has 0 radical (unpaired) electrons. The van der Waals surface area contributed by atoms with Crippen molar-refractivity contribution in [1.82, 2.24) is 10.6 Å². The summed E-state index contributed by atoms with van der Waals surface area (Å²) in [5.74, 6) is 1.14. The summed E-state index contributed by atoms with van der Waals surface area (Å²) in [5.41, 5.74) is -0.238. The van der Waals surface area contributed by atoms with Crippen molar-refractivity contribution in [1.29, 1.82) is 0 Å². The van der Waals surface area contributed by atoms with Gasteiger partial charge in [0, 0.05) is 6.54 Å². The highest BCUT2D eigenvalue weighted by atomic mass is 16.2. The van der Waals surface area contributed by atoms with Crippen molar-refractivity contribution in [2.75, 3.05) is 13.1 Å². The van der Waals surface area contributed by atoms with Crippen LogP contribution in [-0.4, -0.2) is 24.5 Å². The zero-order chi connectivity index (χ0) is 11.4. The van der Waals surface area contributed by atoms with Gasteiger partial charge in [-0.1, -0.05) is 26.2 Å². The van der Waals surface area contributed by atoms with Crippen molar-refractivity contribution in [3.05, 3.63) is 0 Å². The molecule has 1 heterocycles. The highest BCUT2D eigenvalue weighted by Crippen LogP contribution is 2.32. The first kappa shape index (κ1) is 11.9. The van der Waals surface area contributed by atoms with Gasteiger partial charge >= 0.3 is 0 Å². The minimum absolute atomic E-state index is 0.238. The predicted octanol–water partition coefficient (Wildman–Crippen LogP) is 1.82. The van der Waals surface area contributed by atoms with Gasteiger partial charge in [0.25, 0.3) is 0 Å². The number of rotatable bonds is 6. The van der Waals surface area contributed by atoms with Gasteiger partial charge in [0.15, 0.2) is 0 Å². The molecule has 2 N–H and O–H groups in total. The summed E-state index contributed by atoms with van der Waals surface area (Å²) in [6.07, 6.45) is 8.11. The van der Waals surface area contributed by atoms with Gasteiger partial charge in [-0.2, -0.15) is 0 Å². The van der Waals surface area contributed by atoms with E-state index in [1.807, 2.05) is 0 Å². The Balaban J connectivity index is 1.78. The van der Waals surface area contributed by atoms with Crippen LogP contribution in [0.2, 0.25) is 0 Å². The van der Waals surface area contributed by atoms with E-state index in [9.17, 15) is 4.79 Å². The SMILES string of the molecule is CCCC1(C(=O)NCCC2CC2)CCCN1. The molecule has 3 nitrogen and oxygen atoms in total. The van der Waals surface area contributed by atoms with Crippen molar-refractivity contribution >= 4 is 5.91 Å². The number of hydrogen-bond donors (Lipinski definition) is 2. The van der Waals surface area contributed by atoms with Gasteiger partial charge in [-0.05, 0) is 38.1 Å². The van der Waals surface area contributed by atoms with Crippen LogP contribution in [0.15, 0.2) is 0 Å². The lowest BCUT2D eigenvalue weighted by Crippen LogP contribution is -2.53. The molecule has 92 valence electrons. The third-order valence-corrected chi connectivity index (χ3v) is 3.89. The molecule has 0 bridgehead atoms. The van der Waals surface area contributed by atoms with E-state index in [0.717, 1.165) is 44.7 Å². The van der Waals surface area contributed by atoms with E-state index in [1.165, 1.54) is 19.3 Å². The highest BCUT2D eigenvalue weighted by molar-refractivity contribution is 5.86. The molecule has 0 aromatic carbocycles. The molecule has 1 saturated carbocycles. The number of nitrogens with one attached hydrogen (secondary N) is 2. The van der Waals surface area contributed by atoms with Crippen molar-refractivity contribution in [2.45, 2.75) is 57.4 Å². The van der Waals surface area contributed by atoms with Gasteiger partial charge in [-0.3, -0.25) is 4.79 Å². The van der Waals surface area contributed by atoms with Gasteiger partial charge in [0.1, 0.15) is 0 Å². The Labute approximate surface area is 98.4 Å². The summed E-state index contributed by atoms with van der Waals surface area (Å²) in [6, 6.07) is 0. The Kier molecular flexibility index (Phi) is 3.85. The fraction of sp³-hybridized carbons (Fsp3) is 0.923. The van der Waals surface area contributed by atoms with E-state index in [1.54, 1.807) is 0 Å². The van der Waals surface area contributed by atoms with E-state index in [4.69, 9.17) is 0 Å². The van der Waals surface area contributed by atoms with Crippen molar-refractivity contribution in [2.24, 2.45) is 5.92 Å². The van der Waals surface area contributed by atoms with E-state index in [0.29, 0.717) is 0 Å². The fourth-order valence-electron chi connectivity index (χ4n) is 2.72. The average molecular weight is 224 g/mol. The molecule has 1 saturated heterocycles. The molecule has 1 aliphatic carbocycles. The monoisotopic (exact) mass is 224 g/mol. The number of carbonyl (C=O) groups excluding carboxylic acids is 1. The predicted molar refractivity (Wildman–Crippen MR) is 65.2 cm³/mol. The van der Waals surface area contributed by atoms with Crippen LogP contribution in [0.4, 0.5) is 0 Å². The molecule has 3 heteroatoms. The third-order valence-electron chi connectivity index (χ3n) is 3.89. The normalized spacial score (nSPS) is 29.3. The largest absolute Gasteiger partial charge is 0.354 e. The minimum Gasteiger partial charge on any atom is -0.354 e. The van der Waals surface area contributed by atoms with Crippen molar-refractivity contribution in [3.63, 3.8) is 0 Å². The maximum atomic E-state index is 12.2. The zero-order valence-electron chi connectivity index (χ0n) is 10.3. The molecule has 0 spiro atoms. The Morgan fingerprint density at radius 1 is 1.50 bits per heavy atom. The van der Waals surface area contributed by atoms with Crippen LogP contribution in [-0.2, 0) is 4.79 Å². The Hall–Kier alpha value is -0.570. The van der Waals surface area contributed by atoms with Crippen LogP contribution in [0.25, 0.3) is 0 Å². The molecule has 1 aliphatic heterocycles. The summed E-state index contributed by atoms with van der Waals surface area (Å²) >= 11 is 0. The molecule has 0 aromatic rings. The quantitative estimate of drug-likeness (QED) is 0.722. The van der Waals surface area contributed by atoms with Crippen molar-refractivity contribution < 1.29 is 4.79 Å². The fourth-order valence-corrected chi connectivity index (χ4v) is 2.72. The summed E-state index contributed by atoms with van der Waals surface area (Å²) in [5, 5.41) is 6.53. The lowest BCUT2D eigenvalue weighted by atomic mass is 9.91. The smallest absolute Gasteiger partial charge is 0.240 e. The van der Waals surface area contributed by atoms with Crippen LogP contribution >= 0.6 is 0 Å². The highest BCUT2D eigenvalue weighted by Gasteiger charge is 2.39. The molecular weight excluding hydrogens is 200 g/mol. The second kappa shape index (κ2) is 5.17. The van der Waals surface area contributed by atoms with E-state index in [2.05, 4.69) is 17.6 Å². The molecule has 0 aromatic heterocycles. The second-order valence-electron chi connectivity index (χ2n) is 5.35. The molecular formula is C13H24N2O. The molecule has 2 rings (SSSR count). The van der Waals surface area contributed by atoms with Gasteiger partial charge < -0.3 is 10.6 Å². The van der Waals surface area contributed by atoms with Crippen LogP contribution in [0.3, 0.4) is 0 Å². The Morgan fingerprint density at radius 3 is 2.88 bits per heavy atom. The van der Waals surface area contributed by atoms with Gasteiger partial charge in [0.05, 0.1) is 5.54 Å². The molecule has 1 amide bonds. The molecule has 16 heavy (non-hydrogen) atoms. The first-order chi connectivity index (χ1) is 7.77. The van der Waals surface area contributed by atoms with E-state index in [-0.39, 0.29) is 11.4 Å². The van der Waals surface area contributed by atoms with Crippen molar-refractivity contribution in [3.8, 4) is 0 Å². The van der Waals surface area contributed by atoms with Crippen LogP contribution in [0.1, 0.15) is 51.9 Å².